The lowest BCUT2D eigenvalue weighted by Gasteiger charge is -2.24. The monoisotopic (exact) mass is 470 g/mol. The highest BCUT2D eigenvalue weighted by Gasteiger charge is 2.29. The van der Waals surface area contributed by atoms with Crippen molar-refractivity contribution in [3.8, 4) is 0 Å². The molecule has 0 aliphatic carbocycles. The molecule has 0 N–H and O–H groups in total. The first-order chi connectivity index (χ1) is 16.8. The van der Waals surface area contributed by atoms with E-state index in [9.17, 15) is 9.59 Å². The highest BCUT2D eigenvalue weighted by Crippen LogP contribution is 2.38. The largest absolute Gasteiger partial charge is 0.327 e. The number of rotatable bonds is 7. The Kier molecular flexibility index (Phi) is 6.93. The van der Waals surface area contributed by atoms with Gasteiger partial charge in [-0.15, -0.1) is 0 Å². The maximum Gasteiger partial charge on any atom is 0.260 e. The number of benzene rings is 2. The number of amides is 1. The molecule has 2 aromatic carbocycles. The van der Waals surface area contributed by atoms with Gasteiger partial charge in [0, 0.05) is 39.8 Å². The zero-order chi connectivity index (χ0) is 25.1. The zero-order valence-electron chi connectivity index (χ0n) is 20.8. The summed E-state index contributed by atoms with van der Waals surface area (Å²) in [6, 6.07) is 15.3. The summed E-state index contributed by atoms with van der Waals surface area (Å²) in [7, 11) is 9.46. The minimum Gasteiger partial charge on any atom is -0.327 e. The van der Waals surface area contributed by atoms with E-state index < -0.39 is 0 Å². The fraction of sp³-hybridized carbons (Fsp3) is 0.259. The average Bonchev–Trinajstić information content (AvgIpc) is 2.93. The van der Waals surface area contributed by atoms with Crippen LogP contribution >= 0.6 is 0 Å². The number of allylic oxidation sites excluding steroid dienone is 1. The fourth-order valence-corrected chi connectivity index (χ4v) is 3.96. The Morgan fingerprint density at radius 3 is 2.40 bits per heavy atom. The zero-order valence-corrected chi connectivity index (χ0v) is 20.8. The van der Waals surface area contributed by atoms with Gasteiger partial charge in [-0.3, -0.25) is 9.59 Å². The van der Waals surface area contributed by atoms with E-state index in [0.29, 0.717) is 29.4 Å². The summed E-state index contributed by atoms with van der Waals surface area (Å²) in [4.78, 5) is 41.9. The van der Waals surface area contributed by atoms with Crippen LogP contribution in [-0.4, -0.2) is 68.3 Å². The van der Waals surface area contributed by atoms with Gasteiger partial charge in [0.05, 0.1) is 17.4 Å². The molecule has 2 heterocycles. The molecule has 0 bridgehead atoms. The molecule has 180 valence electrons. The van der Waals surface area contributed by atoms with Crippen LogP contribution < -0.4 is 14.7 Å². The number of aromatic nitrogens is 2. The molecule has 0 fully saturated rings. The molecule has 0 unspecified atom stereocenters. The van der Waals surface area contributed by atoms with Crippen LogP contribution in [0.4, 0.5) is 28.8 Å². The lowest BCUT2D eigenvalue weighted by atomic mass is 10.1. The number of carbonyl (C=O) groups excluding carboxylic acids is 2. The highest BCUT2D eigenvalue weighted by atomic mass is 16.2. The molecule has 0 saturated heterocycles. The van der Waals surface area contributed by atoms with E-state index in [1.54, 1.807) is 24.2 Å². The number of hydrogen-bond acceptors (Lipinski definition) is 7. The minimum atomic E-state index is -0.0994. The molecular weight excluding hydrogens is 440 g/mol. The maximum absolute atomic E-state index is 13.0. The van der Waals surface area contributed by atoms with Crippen LogP contribution in [-0.2, 0) is 11.2 Å². The third-order valence-electron chi connectivity index (χ3n) is 5.99. The molecule has 0 atom stereocenters. The van der Waals surface area contributed by atoms with Crippen molar-refractivity contribution in [3.05, 3.63) is 78.0 Å². The summed E-state index contributed by atoms with van der Waals surface area (Å²) in [5.74, 6) is 1.13. The van der Waals surface area contributed by atoms with Crippen molar-refractivity contribution in [2.45, 2.75) is 6.42 Å². The van der Waals surface area contributed by atoms with Crippen molar-refractivity contribution in [2.75, 3.05) is 56.5 Å². The summed E-state index contributed by atoms with van der Waals surface area (Å²) in [5.41, 5.74) is 3.89. The van der Waals surface area contributed by atoms with Crippen LogP contribution in [0.5, 0.6) is 0 Å². The van der Waals surface area contributed by atoms with Gasteiger partial charge >= 0.3 is 0 Å². The molecule has 0 saturated carbocycles. The number of anilines is 5. The number of hydrogen-bond donors (Lipinski definition) is 0. The van der Waals surface area contributed by atoms with Gasteiger partial charge in [0.1, 0.15) is 5.69 Å². The third-order valence-corrected chi connectivity index (χ3v) is 5.99. The lowest BCUT2D eigenvalue weighted by Crippen LogP contribution is -2.26. The smallest absolute Gasteiger partial charge is 0.260 e. The molecule has 4 rings (SSSR count). The number of ketones is 1. The van der Waals surface area contributed by atoms with Crippen LogP contribution in [0.2, 0.25) is 0 Å². The standard InChI is InChI=1S/C27H30N6O2/c1-30(2)16-8-9-21(34)17-19-12-14-20(15-13-19)31(3)27-28-18-24-25(29-27)32(4)23-11-7-6-10-22(23)26(35)33(24)5/h6-15,18H,16-17H2,1-5H3/b9-8+. The Morgan fingerprint density at radius 1 is 0.971 bits per heavy atom. The molecule has 1 aliphatic heterocycles. The number of nitrogens with zero attached hydrogens (tertiary/aromatic N) is 6. The maximum atomic E-state index is 13.0. The van der Waals surface area contributed by atoms with Crippen molar-refractivity contribution >= 4 is 40.5 Å². The van der Waals surface area contributed by atoms with Crippen LogP contribution in [0.1, 0.15) is 15.9 Å². The third kappa shape index (κ3) is 5.07. The molecule has 1 aliphatic rings. The fourth-order valence-electron chi connectivity index (χ4n) is 3.96. The van der Waals surface area contributed by atoms with Gasteiger partial charge < -0.3 is 19.6 Å². The van der Waals surface area contributed by atoms with E-state index in [4.69, 9.17) is 4.98 Å². The SMILES string of the molecule is CN(C)C/C=C/C(=O)Cc1ccc(N(C)c2ncc3c(n2)N(C)c2ccccc2C(=O)N3C)cc1. The van der Waals surface area contributed by atoms with Gasteiger partial charge in [-0.05, 0) is 50.0 Å². The number of fused-ring (bicyclic) bond motifs is 2. The van der Waals surface area contributed by atoms with Crippen molar-refractivity contribution in [3.63, 3.8) is 0 Å². The summed E-state index contributed by atoms with van der Waals surface area (Å²) in [5, 5.41) is 0. The van der Waals surface area contributed by atoms with E-state index in [0.717, 1.165) is 23.5 Å². The van der Waals surface area contributed by atoms with Crippen molar-refractivity contribution in [1.29, 1.82) is 0 Å². The van der Waals surface area contributed by atoms with Gasteiger partial charge in [-0.2, -0.15) is 4.98 Å². The molecule has 1 aromatic heterocycles. The van der Waals surface area contributed by atoms with Gasteiger partial charge in [0.15, 0.2) is 11.6 Å². The second-order valence-corrected chi connectivity index (χ2v) is 8.85. The lowest BCUT2D eigenvalue weighted by molar-refractivity contribution is -0.114. The Morgan fingerprint density at radius 2 is 1.69 bits per heavy atom. The summed E-state index contributed by atoms with van der Waals surface area (Å²) >= 11 is 0. The van der Waals surface area contributed by atoms with Gasteiger partial charge in [-0.1, -0.05) is 30.3 Å². The van der Waals surface area contributed by atoms with E-state index >= 15 is 0 Å². The molecule has 8 heteroatoms. The molecule has 1 amide bonds. The summed E-state index contributed by atoms with van der Waals surface area (Å²) in [6.07, 6.45) is 5.55. The van der Waals surface area contributed by atoms with Crippen molar-refractivity contribution in [2.24, 2.45) is 0 Å². The van der Waals surface area contributed by atoms with Gasteiger partial charge in [0.25, 0.3) is 5.91 Å². The number of para-hydroxylation sites is 1. The van der Waals surface area contributed by atoms with Gasteiger partial charge in [-0.25, -0.2) is 4.98 Å². The van der Waals surface area contributed by atoms with E-state index in [1.165, 1.54) is 0 Å². The predicted octanol–water partition coefficient (Wildman–Crippen LogP) is 3.83. The topological polar surface area (TPSA) is 72.9 Å². The Labute approximate surface area is 206 Å². The summed E-state index contributed by atoms with van der Waals surface area (Å²) < 4.78 is 0. The quantitative estimate of drug-likeness (QED) is 0.486. The van der Waals surface area contributed by atoms with E-state index in [-0.39, 0.29) is 11.7 Å². The Hall–Kier alpha value is -4.04. The van der Waals surface area contributed by atoms with Gasteiger partial charge in [0.2, 0.25) is 5.95 Å². The molecule has 3 aromatic rings. The van der Waals surface area contributed by atoms with Crippen molar-refractivity contribution < 1.29 is 9.59 Å². The minimum absolute atomic E-state index is 0.0732. The van der Waals surface area contributed by atoms with E-state index in [1.807, 2.05) is 97.5 Å². The highest BCUT2D eigenvalue weighted by molar-refractivity contribution is 6.13. The first-order valence-electron chi connectivity index (χ1n) is 11.4. The predicted molar refractivity (Wildman–Crippen MR) is 140 cm³/mol. The Bertz CT molecular complexity index is 1270. The van der Waals surface area contributed by atoms with Crippen LogP contribution in [0.15, 0.2) is 66.9 Å². The normalized spacial score (nSPS) is 13.1. The second kappa shape index (κ2) is 10.1. The first-order valence-corrected chi connectivity index (χ1v) is 11.4. The van der Waals surface area contributed by atoms with Crippen LogP contribution in [0, 0.1) is 0 Å². The first kappa shape index (κ1) is 24.1. The Balaban J connectivity index is 1.56. The van der Waals surface area contributed by atoms with Crippen LogP contribution in [0.3, 0.4) is 0 Å². The molecule has 0 radical (unpaired) electrons. The van der Waals surface area contributed by atoms with Crippen molar-refractivity contribution in [1.82, 2.24) is 14.9 Å². The second-order valence-electron chi connectivity index (χ2n) is 8.85. The van der Waals surface area contributed by atoms with E-state index in [2.05, 4.69) is 4.98 Å². The average molecular weight is 471 g/mol. The molecule has 8 nitrogen and oxygen atoms in total. The number of carbonyl (C=O) groups is 2. The summed E-state index contributed by atoms with van der Waals surface area (Å²) in [6.45, 7) is 0.737. The molecule has 0 spiro atoms. The molecule has 35 heavy (non-hydrogen) atoms. The number of likely N-dealkylation sites (N-methyl/N-ethyl adjacent to an activating group) is 1. The molecular formula is C27H30N6O2. The van der Waals surface area contributed by atoms with Crippen LogP contribution in [0.25, 0.3) is 0 Å².